The predicted molar refractivity (Wildman–Crippen MR) is 94.5 cm³/mol. The lowest BCUT2D eigenvalue weighted by Gasteiger charge is -2.28. The highest BCUT2D eigenvalue weighted by Crippen LogP contribution is 2.48. The number of fused-ring (bicyclic) bond motifs is 5. The van der Waals surface area contributed by atoms with Crippen molar-refractivity contribution in [2.75, 3.05) is 0 Å². The highest BCUT2D eigenvalue weighted by atomic mass is 35.5. The Morgan fingerprint density at radius 3 is 1.86 bits per heavy atom. The molecule has 0 amide bonds. The molecule has 0 fully saturated rings. The highest BCUT2D eigenvalue weighted by Gasteiger charge is 2.32. The number of hydrogen-bond donors (Lipinski definition) is 0. The monoisotopic (exact) mass is 304 g/mol. The molecule has 3 aromatic rings. The van der Waals surface area contributed by atoms with Gasteiger partial charge in [0, 0.05) is 10.4 Å². The van der Waals surface area contributed by atoms with Gasteiger partial charge >= 0.3 is 0 Å². The Bertz CT molecular complexity index is 875. The molecule has 0 unspecified atom stereocenters. The zero-order valence-corrected chi connectivity index (χ0v) is 13.5. The molecule has 0 aromatic heterocycles. The summed E-state index contributed by atoms with van der Waals surface area (Å²) >= 11 is 6.31. The van der Waals surface area contributed by atoms with Crippen molar-refractivity contribution in [2.45, 2.75) is 19.3 Å². The van der Waals surface area contributed by atoms with E-state index in [9.17, 15) is 0 Å². The third kappa shape index (κ3) is 1.84. The van der Waals surface area contributed by atoms with E-state index >= 15 is 0 Å². The first-order valence-electron chi connectivity index (χ1n) is 7.58. The molecule has 0 saturated carbocycles. The van der Waals surface area contributed by atoms with Crippen molar-refractivity contribution < 1.29 is 0 Å². The van der Waals surface area contributed by atoms with E-state index < -0.39 is 0 Å². The number of rotatable bonds is 0. The highest BCUT2D eigenvalue weighted by molar-refractivity contribution is 6.30. The largest absolute Gasteiger partial charge is 0.0843 e. The molecule has 0 atom stereocenters. The Balaban J connectivity index is 2.21. The summed E-state index contributed by atoms with van der Waals surface area (Å²) in [7, 11) is 0. The zero-order valence-electron chi connectivity index (χ0n) is 12.7. The maximum Gasteiger partial charge on any atom is 0.0409 e. The van der Waals surface area contributed by atoms with Gasteiger partial charge in [-0.25, -0.2) is 0 Å². The summed E-state index contributed by atoms with van der Waals surface area (Å²) in [6, 6.07) is 23.6. The number of benzene rings is 3. The van der Waals surface area contributed by atoms with Crippen molar-refractivity contribution in [3.8, 4) is 22.3 Å². The fourth-order valence-corrected chi connectivity index (χ4v) is 3.80. The van der Waals surface area contributed by atoms with Gasteiger partial charge in [0.15, 0.2) is 0 Å². The molecular formula is C21H17Cl. The summed E-state index contributed by atoms with van der Waals surface area (Å²) in [5.74, 6) is 0. The standard InChI is InChI=1S/C21H17Cl/c1-21(2)19-10-6-5-9-17(19)15-7-3-4-8-16(15)18-12-11-14(22)13-20(18)21/h3-13H,1-2H3. The van der Waals surface area contributed by atoms with Crippen molar-refractivity contribution in [1.29, 1.82) is 0 Å². The first-order valence-corrected chi connectivity index (χ1v) is 7.96. The lowest BCUT2D eigenvalue weighted by atomic mass is 9.75. The van der Waals surface area contributed by atoms with Gasteiger partial charge in [-0.1, -0.05) is 80.0 Å². The number of hydrogen-bond acceptors (Lipinski definition) is 0. The average Bonchev–Trinajstić information content (AvgIpc) is 2.62. The zero-order chi connectivity index (χ0) is 15.3. The van der Waals surface area contributed by atoms with Gasteiger partial charge in [-0.3, -0.25) is 0 Å². The van der Waals surface area contributed by atoms with E-state index in [-0.39, 0.29) is 5.41 Å². The molecule has 22 heavy (non-hydrogen) atoms. The van der Waals surface area contributed by atoms with Gasteiger partial charge in [0.2, 0.25) is 0 Å². The second-order valence-electron chi connectivity index (χ2n) is 6.41. The van der Waals surface area contributed by atoms with Crippen LogP contribution in [0.15, 0.2) is 66.7 Å². The molecule has 1 aliphatic rings. The smallest absolute Gasteiger partial charge is 0.0409 e. The minimum Gasteiger partial charge on any atom is -0.0843 e. The van der Waals surface area contributed by atoms with Crippen LogP contribution < -0.4 is 0 Å². The minimum atomic E-state index is -0.0875. The molecule has 0 spiro atoms. The van der Waals surface area contributed by atoms with Crippen LogP contribution in [0.1, 0.15) is 25.0 Å². The maximum absolute atomic E-state index is 6.31. The van der Waals surface area contributed by atoms with Crippen LogP contribution in [-0.2, 0) is 5.41 Å². The normalized spacial score (nSPS) is 14.5. The van der Waals surface area contributed by atoms with Crippen LogP contribution in [0.25, 0.3) is 22.3 Å². The molecule has 1 heteroatoms. The first-order chi connectivity index (χ1) is 10.6. The quantitative estimate of drug-likeness (QED) is 0.456. The van der Waals surface area contributed by atoms with E-state index in [1.54, 1.807) is 0 Å². The molecule has 4 rings (SSSR count). The SMILES string of the molecule is CC1(C)c2ccccc2-c2ccccc2-c2ccc(Cl)cc21. The van der Waals surface area contributed by atoms with E-state index in [1.807, 2.05) is 6.07 Å². The second-order valence-corrected chi connectivity index (χ2v) is 6.84. The van der Waals surface area contributed by atoms with Crippen LogP contribution in [0.2, 0.25) is 5.02 Å². The third-order valence-electron chi connectivity index (χ3n) is 4.76. The van der Waals surface area contributed by atoms with Crippen molar-refractivity contribution in [3.05, 3.63) is 82.9 Å². The van der Waals surface area contributed by atoms with Crippen molar-refractivity contribution in [3.63, 3.8) is 0 Å². The van der Waals surface area contributed by atoms with Gasteiger partial charge in [-0.15, -0.1) is 0 Å². The Kier molecular flexibility index (Phi) is 2.92. The summed E-state index contributed by atoms with van der Waals surface area (Å²) in [6.45, 7) is 4.57. The summed E-state index contributed by atoms with van der Waals surface area (Å²) in [5, 5.41) is 0.795. The second kappa shape index (κ2) is 4.72. The molecular weight excluding hydrogens is 288 g/mol. The van der Waals surface area contributed by atoms with Crippen LogP contribution in [0.3, 0.4) is 0 Å². The Morgan fingerprint density at radius 1 is 0.636 bits per heavy atom. The van der Waals surface area contributed by atoms with Crippen LogP contribution in [0.4, 0.5) is 0 Å². The Morgan fingerprint density at radius 2 is 1.18 bits per heavy atom. The van der Waals surface area contributed by atoms with Crippen LogP contribution >= 0.6 is 11.6 Å². The maximum atomic E-state index is 6.31. The average molecular weight is 305 g/mol. The van der Waals surface area contributed by atoms with Gasteiger partial charge < -0.3 is 0 Å². The van der Waals surface area contributed by atoms with E-state index in [4.69, 9.17) is 11.6 Å². The lowest BCUT2D eigenvalue weighted by Crippen LogP contribution is -2.19. The van der Waals surface area contributed by atoms with Gasteiger partial charge in [-0.05, 0) is 45.5 Å². The molecule has 0 radical (unpaired) electrons. The van der Waals surface area contributed by atoms with E-state index in [1.165, 1.54) is 33.4 Å². The summed E-state index contributed by atoms with van der Waals surface area (Å²) in [5.41, 5.74) is 7.73. The molecule has 0 heterocycles. The lowest BCUT2D eigenvalue weighted by molar-refractivity contribution is 0.646. The first kappa shape index (κ1) is 13.6. The van der Waals surface area contributed by atoms with Gasteiger partial charge in [0.25, 0.3) is 0 Å². The van der Waals surface area contributed by atoms with E-state index in [0.29, 0.717) is 0 Å². The van der Waals surface area contributed by atoms with Gasteiger partial charge in [0.1, 0.15) is 0 Å². The van der Waals surface area contributed by atoms with Gasteiger partial charge in [0.05, 0.1) is 0 Å². The topological polar surface area (TPSA) is 0 Å². The Hall–Kier alpha value is -2.05. The molecule has 108 valence electrons. The molecule has 1 aliphatic carbocycles. The van der Waals surface area contributed by atoms with Crippen LogP contribution in [0, 0.1) is 0 Å². The molecule has 0 nitrogen and oxygen atoms in total. The fourth-order valence-electron chi connectivity index (χ4n) is 3.63. The predicted octanol–water partition coefficient (Wildman–Crippen LogP) is 6.31. The van der Waals surface area contributed by atoms with Crippen molar-refractivity contribution >= 4 is 11.6 Å². The molecule has 0 bridgehead atoms. The van der Waals surface area contributed by atoms with E-state index in [0.717, 1.165) is 5.02 Å². The third-order valence-corrected chi connectivity index (χ3v) is 5.00. The molecule has 3 aromatic carbocycles. The van der Waals surface area contributed by atoms with Crippen LogP contribution in [-0.4, -0.2) is 0 Å². The summed E-state index contributed by atoms with van der Waals surface area (Å²) < 4.78 is 0. The fraction of sp³-hybridized carbons (Fsp3) is 0.143. The van der Waals surface area contributed by atoms with E-state index in [2.05, 4.69) is 74.5 Å². The molecule has 0 aliphatic heterocycles. The van der Waals surface area contributed by atoms with Crippen LogP contribution in [0.5, 0.6) is 0 Å². The summed E-state index contributed by atoms with van der Waals surface area (Å²) in [6.07, 6.45) is 0. The minimum absolute atomic E-state index is 0.0875. The molecule has 0 saturated heterocycles. The van der Waals surface area contributed by atoms with Gasteiger partial charge in [-0.2, -0.15) is 0 Å². The van der Waals surface area contributed by atoms with Crippen molar-refractivity contribution in [2.24, 2.45) is 0 Å². The Labute approximate surface area is 136 Å². The number of halogens is 1. The summed E-state index contributed by atoms with van der Waals surface area (Å²) in [4.78, 5) is 0. The molecule has 0 N–H and O–H groups in total. The van der Waals surface area contributed by atoms with Crippen molar-refractivity contribution in [1.82, 2.24) is 0 Å².